The van der Waals surface area contributed by atoms with Crippen molar-refractivity contribution < 1.29 is 55.0 Å². The summed E-state index contributed by atoms with van der Waals surface area (Å²) in [4.78, 5) is 61.1. The zero-order valence-electron chi connectivity index (χ0n) is 33.7. The molecule has 3 aliphatic rings. The second-order valence-electron chi connectivity index (χ2n) is 16.1. The minimum Gasteiger partial charge on any atom is -0.491 e. The molecule has 1 saturated heterocycles. The van der Waals surface area contributed by atoms with Gasteiger partial charge in [0, 0.05) is 23.1 Å². The maximum atomic E-state index is 14.4. The van der Waals surface area contributed by atoms with Crippen LogP contribution in [0.2, 0.25) is 0 Å². The molecule has 0 spiro atoms. The number of alkyl halides is 3. The number of carbonyl (C=O) groups is 4. The molecule has 4 amide bonds. The lowest BCUT2D eigenvalue weighted by molar-refractivity contribution is -0.244. The summed E-state index contributed by atoms with van der Waals surface area (Å²) < 4.78 is 85.6. The van der Waals surface area contributed by atoms with Crippen LogP contribution in [0, 0.1) is 11.8 Å². The molecule has 5 rings (SSSR count). The highest BCUT2D eigenvalue weighted by molar-refractivity contribution is 7.91. The van der Waals surface area contributed by atoms with Gasteiger partial charge in [0.1, 0.15) is 29.5 Å². The highest BCUT2D eigenvalue weighted by Gasteiger charge is 2.62. The fraction of sp³-hybridized carbons (Fsp3) is 0.625. The highest BCUT2D eigenvalue weighted by atomic mass is 32.2. The summed E-state index contributed by atoms with van der Waals surface area (Å²) in [6.45, 7) is 8.71. The van der Waals surface area contributed by atoms with Crippen molar-refractivity contribution in [2.24, 2.45) is 11.8 Å². The topological polar surface area (TPSA) is 182 Å². The second-order valence-corrected chi connectivity index (χ2v) is 18.0. The summed E-state index contributed by atoms with van der Waals surface area (Å²) in [7, 11) is -3.98. The van der Waals surface area contributed by atoms with Crippen LogP contribution in [0.1, 0.15) is 92.9 Å². The molecule has 18 heteroatoms. The Balaban J connectivity index is 1.45. The average Bonchev–Trinajstić information content (AvgIpc) is 4.08. The number of aromatic nitrogens is 1. The fourth-order valence-electron chi connectivity index (χ4n) is 6.78. The number of unbranched alkanes of at least 4 members (excludes halogenated alkanes) is 2. The van der Waals surface area contributed by atoms with Crippen molar-refractivity contribution in [3.05, 3.63) is 42.6 Å². The number of hydrogen-bond acceptors (Lipinski definition) is 10. The van der Waals surface area contributed by atoms with Gasteiger partial charge in [0.25, 0.3) is 5.91 Å². The quantitative estimate of drug-likeness (QED) is 0.125. The summed E-state index contributed by atoms with van der Waals surface area (Å²) in [5.74, 6) is -3.00. The van der Waals surface area contributed by atoms with E-state index < -0.39 is 86.4 Å². The number of benzene rings is 1. The van der Waals surface area contributed by atoms with Crippen LogP contribution in [0.15, 0.2) is 42.6 Å². The Hall–Kier alpha value is -4.61. The first-order chi connectivity index (χ1) is 27.2. The van der Waals surface area contributed by atoms with Gasteiger partial charge in [0.05, 0.1) is 24.6 Å². The molecule has 0 bridgehead atoms. The van der Waals surface area contributed by atoms with Gasteiger partial charge in [-0.3, -0.25) is 19.1 Å². The highest BCUT2D eigenvalue weighted by Crippen LogP contribution is 2.46. The smallest absolute Gasteiger partial charge is 0.427 e. The summed E-state index contributed by atoms with van der Waals surface area (Å²) in [6.07, 6.45) is 2.00. The Morgan fingerprint density at radius 1 is 1.07 bits per heavy atom. The maximum absolute atomic E-state index is 14.4. The molecule has 0 radical (unpaired) electrons. The number of ether oxygens (including phenoxy) is 3. The number of halogens is 3. The molecule has 2 heterocycles. The lowest BCUT2D eigenvalue weighted by Crippen LogP contribution is -2.59. The van der Waals surface area contributed by atoms with E-state index in [1.165, 1.54) is 6.20 Å². The predicted octanol–water partition coefficient (Wildman–Crippen LogP) is 5.69. The lowest BCUT2D eigenvalue weighted by Gasteiger charge is -2.32. The van der Waals surface area contributed by atoms with Gasteiger partial charge in [-0.1, -0.05) is 70.9 Å². The molecule has 2 saturated carbocycles. The zero-order chi connectivity index (χ0) is 42.6. The van der Waals surface area contributed by atoms with Crippen LogP contribution in [0.5, 0.6) is 11.6 Å². The molecule has 0 unspecified atom stereocenters. The fourth-order valence-corrected chi connectivity index (χ4v) is 8.15. The molecule has 3 fully saturated rings. The van der Waals surface area contributed by atoms with E-state index in [9.17, 15) is 40.8 Å². The molecule has 1 aromatic heterocycles. The van der Waals surface area contributed by atoms with Gasteiger partial charge in [-0.2, -0.15) is 13.2 Å². The average molecular weight is 838 g/mol. The van der Waals surface area contributed by atoms with Crippen molar-refractivity contribution in [3.8, 4) is 11.6 Å². The third kappa shape index (κ3) is 10.1. The van der Waals surface area contributed by atoms with E-state index >= 15 is 0 Å². The molecule has 58 heavy (non-hydrogen) atoms. The molecule has 2 aliphatic carbocycles. The van der Waals surface area contributed by atoms with E-state index in [-0.39, 0.29) is 25.3 Å². The summed E-state index contributed by atoms with van der Waals surface area (Å²) >= 11 is 0. The van der Waals surface area contributed by atoms with Gasteiger partial charge >= 0.3 is 12.3 Å². The van der Waals surface area contributed by atoms with Crippen LogP contribution < -0.4 is 24.8 Å². The Labute approximate surface area is 337 Å². The van der Waals surface area contributed by atoms with Crippen molar-refractivity contribution in [2.75, 3.05) is 13.2 Å². The van der Waals surface area contributed by atoms with E-state index in [1.807, 2.05) is 32.1 Å². The minimum atomic E-state index is -4.91. The number of hydrogen-bond donors (Lipinski definition) is 3. The largest absolute Gasteiger partial charge is 0.491 e. The van der Waals surface area contributed by atoms with E-state index in [1.54, 1.807) is 32.1 Å². The summed E-state index contributed by atoms with van der Waals surface area (Å²) in [5, 5.41) is 5.65. The Morgan fingerprint density at radius 2 is 1.76 bits per heavy atom. The Morgan fingerprint density at radius 3 is 2.38 bits per heavy atom. The van der Waals surface area contributed by atoms with Crippen LogP contribution in [-0.2, 0) is 29.1 Å². The van der Waals surface area contributed by atoms with Crippen LogP contribution >= 0.6 is 0 Å². The van der Waals surface area contributed by atoms with Gasteiger partial charge in [-0.15, -0.1) is 0 Å². The van der Waals surface area contributed by atoms with Crippen molar-refractivity contribution in [1.82, 2.24) is 25.2 Å². The normalized spacial score (nSPS) is 22.8. The number of allylic oxidation sites excluding steroid dienone is 1. The van der Waals surface area contributed by atoms with E-state index in [0.29, 0.717) is 56.2 Å². The lowest BCUT2D eigenvalue weighted by atomic mass is 10.0. The van der Waals surface area contributed by atoms with Crippen molar-refractivity contribution in [3.63, 3.8) is 0 Å². The Kier molecular flexibility index (Phi) is 13.6. The second kappa shape index (κ2) is 17.7. The first-order valence-corrected chi connectivity index (χ1v) is 21.4. The standard InChI is InChI=1S/C40H54F3N5O9S/c1-7-9-10-11-14-25-21-39(25,36(51)47-58(53,54)27-17-18-27)46-33(49)30-20-26(56-34-29-16-13-12-15-28(29)31(22-44-34)55-19-8-2)23-48(30)35(50)32(24(3)4)45-37(52)57-38(5,6)40(41,42)43/h11-16,22,24-27,30,32H,7-10,17-21,23H2,1-6H3,(H,45,52)(H,46,49)(H,47,51)/b14-11-/t25-,26-,30+,32+,39-/m1/s1. The van der Waals surface area contributed by atoms with E-state index in [4.69, 9.17) is 14.2 Å². The molecule has 320 valence electrons. The number of fused-ring (bicyclic) bond motifs is 1. The monoisotopic (exact) mass is 837 g/mol. The number of pyridine rings is 1. The zero-order valence-corrected chi connectivity index (χ0v) is 34.5. The van der Waals surface area contributed by atoms with Gasteiger partial charge < -0.3 is 29.7 Å². The number of carbonyl (C=O) groups excluding carboxylic acids is 4. The third-order valence-electron chi connectivity index (χ3n) is 10.6. The first-order valence-electron chi connectivity index (χ1n) is 19.8. The van der Waals surface area contributed by atoms with Crippen molar-refractivity contribution in [1.29, 1.82) is 0 Å². The van der Waals surface area contributed by atoms with Crippen LogP contribution in [0.4, 0.5) is 18.0 Å². The number of rotatable bonds is 18. The van der Waals surface area contributed by atoms with Crippen molar-refractivity contribution in [2.45, 2.75) is 134 Å². The third-order valence-corrected chi connectivity index (χ3v) is 12.4. The van der Waals surface area contributed by atoms with Crippen LogP contribution in [0.25, 0.3) is 10.8 Å². The van der Waals surface area contributed by atoms with Crippen LogP contribution in [-0.4, -0.2) is 96.0 Å². The van der Waals surface area contributed by atoms with Crippen LogP contribution in [0.3, 0.4) is 0 Å². The number of nitrogens with one attached hydrogen (secondary N) is 3. The van der Waals surface area contributed by atoms with Gasteiger partial charge in [-0.05, 0) is 57.9 Å². The molecule has 1 aromatic carbocycles. The SMILES string of the molecule is CCCC/C=C\[C@@H]1C[C@]1(NC(=O)[C@@H]1C[C@@H](Oc2ncc(OCCC)c3ccccc23)CN1C(=O)[C@@H](NC(=O)OC(C)(C)C(F)(F)F)C(C)C)C(=O)NS(=O)(=O)C1CC1. The van der Waals surface area contributed by atoms with Gasteiger partial charge in [0.2, 0.25) is 33.3 Å². The molecule has 1 aliphatic heterocycles. The molecular formula is C40H54F3N5O9S. The summed E-state index contributed by atoms with van der Waals surface area (Å²) in [5.41, 5.74) is -4.51. The van der Waals surface area contributed by atoms with Gasteiger partial charge in [-0.25, -0.2) is 18.2 Å². The Bertz CT molecular complexity index is 1990. The molecule has 2 aromatic rings. The molecule has 3 N–H and O–H groups in total. The van der Waals surface area contributed by atoms with Crippen molar-refractivity contribution >= 4 is 44.6 Å². The van der Waals surface area contributed by atoms with E-state index in [0.717, 1.165) is 24.2 Å². The minimum absolute atomic E-state index is 0.105. The van der Waals surface area contributed by atoms with E-state index in [2.05, 4.69) is 20.3 Å². The molecule has 14 nitrogen and oxygen atoms in total. The number of likely N-dealkylation sites (tertiary alicyclic amines) is 1. The number of alkyl carbamates (subject to hydrolysis) is 1. The first kappa shape index (κ1) is 44.5. The predicted molar refractivity (Wildman–Crippen MR) is 208 cm³/mol. The summed E-state index contributed by atoms with van der Waals surface area (Å²) in [6, 6.07) is 4.46. The van der Waals surface area contributed by atoms with Gasteiger partial charge in [0.15, 0.2) is 0 Å². The molecule has 5 atom stereocenters. The number of nitrogens with zero attached hydrogens (tertiary/aromatic N) is 2. The number of amides is 4. The number of sulfonamides is 1. The molecular weight excluding hydrogens is 784 g/mol. The maximum Gasteiger partial charge on any atom is 0.427 e.